The number of sulfone groups is 1. The molecule has 1 N–H and O–H groups in total. The Balaban J connectivity index is 2.10. The Kier molecular flexibility index (Phi) is 4.86. The molecule has 0 radical (unpaired) electrons. The first-order chi connectivity index (χ1) is 10.7. The molecule has 0 fully saturated rings. The first-order valence-electron chi connectivity index (χ1n) is 6.60. The molecule has 0 aromatic heterocycles. The number of nitrogens with zero attached hydrogens (tertiary/aromatic N) is 1. The second kappa shape index (κ2) is 6.51. The molecule has 0 atom stereocenters. The van der Waals surface area contributed by atoms with Gasteiger partial charge in [0.15, 0.2) is 9.84 Å². The lowest BCUT2D eigenvalue weighted by Gasteiger charge is -2.03. The average Bonchev–Trinajstić information content (AvgIpc) is 2.47. The van der Waals surface area contributed by atoms with Crippen LogP contribution in [-0.4, -0.2) is 29.3 Å². The van der Waals surface area contributed by atoms with E-state index in [2.05, 4.69) is 9.93 Å². The number of aryl methyl sites for hydroxylation is 1. The lowest BCUT2D eigenvalue weighted by molar-refractivity contribution is 0.584. The minimum absolute atomic E-state index is 0.118. The fourth-order valence-electron chi connectivity index (χ4n) is 1.74. The van der Waals surface area contributed by atoms with Crippen molar-refractivity contribution in [2.45, 2.75) is 16.7 Å². The molecule has 8 heteroatoms. The maximum atomic E-state index is 12.0. The summed E-state index contributed by atoms with van der Waals surface area (Å²) in [7, 11) is -6.98. The van der Waals surface area contributed by atoms with Gasteiger partial charge in [-0.05, 0) is 36.8 Å². The number of nitrogens with one attached hydrogen (secondary N) is 1. The minimum atomic E-state index is -3.72. The standard InChI is InChI=1S/C15H16N2O4S2/c1-12-3-7-15(8-4-12)23(20,21)17-16-11-13-5-9-14(10-6-13)22(2,18)19/h3-11,17H,1-2H3. The summed E-state index contributed by atoms with van der Waals surface area (Å²) in [5, 5.41) is 3.69. The van der Waals surface area contributed by atoms with Crippen molar-refractivity contribution in [2.24, 2.45) is 5.10 Å². The predicted molar refractivity (Wildman–Crippen MR) is 88.6 cm³/mol. The SMILES string of the molecule is Cc1ccc(S(=O)(=O)NN=Cc2ccc(S(C)(=O)=O)cc2)cc1. The lowest BCUT2D eigenvalue weighted by atomic mass is 10.2. The van der Waals surface area contributed by atoms with Crippen LogP contribution in [0.1, 0.15) is 11.1 Å². The van der Waals surface area contributed by atoms with Gasteiger partial charge >= 0.3 is 0 Å². The monoisotopic (exact) mass is 352 g/mol. The minimum Gasteiger partial charge on any atom is -0.224 e. The fourth-order valence-corrected chi connectivity index (χ4v) is 3.16. The Morgan fingerprint density at radius 1 is 0.870 bits per heavy atom. The number of sulfonamides is 1. The summed E-state index contributed by atoms with van der Waals surface area (Å²) in [6.45, 7) is 1.86. The smallest absolute Gasteiger partial charge is 0.224 e. The third kappa shape index (κ3) is 4.64. The molecule has 0 amide bonds. The predicted octanol–water partition coefficient (Wildman–Crippen LogP) is 1.71. The van der Waals surface area contributed by atoms with Crippen LogP contribution in [0.25, 0.3) is 0 Å². The Morgan fingerprint density at radius 2 is 1.39 bits per heavy atom. The molecule has 2 aromatic rings. The van der Waals surface area contributed by atoms with E-state index in [0.29, 0.717) is 5.56 Å². The molecular weight excluding hydrogens is 336 g/mol. The highest BCUT2D eigenvalue weighted by molar-refractivity contribution is 7.90. The molecule has 0 saturated heterocycles. The summed E-state index contributed by atoms with van der Waals surface area (Å²) < 4.78 is 46.7. The first kappa shape index (κ1) is 17.2. The van der Waals surface area contributed by atoms with Gasteiger partial charge in [0.25, 0.3) is 10.0 Å². The molecule has 23 heavy (non-hydrogen) atoms. The number of benzene rings is 2. The van der Waals surface area contributed by atoms with Crippen LogP contribution in [0, 0.1) is 6.92 Å². The molecule has 2 aromatic carbocycles. The highest BCUT2D eigenvalue weighted by atomic mass is 32.2. The second-order valence-electron chi connectivity index (χ2n) is 5.01. The van der Waals surface area contributed by atoms with E-state index >= 15 is 0 Å². The van der Waals surface area contributed by atoms with Crippen LogP contribution < -0.4 is 4.83 Å². The number of hydrogen-bond donors (Lipinski definition) is 1. The summed E-state index contributed by atoms with van der Waals surface area (Å²) >= 11 is 0. The van der Waals surface area contributed by atoms with Crippen molar-refractivity contribution in [3.05, 3.63) is 59.7 Å². The van der Waals surface area contributed by atoms with Crippen molar-refractivity contribution < 1.29 is 16.8 Å². The molecule has 0 saturated carbocycles. The van der Waals surface area contributed by atoms with Crippen molar-refractivity contribution in [3.8, 4) is 0 Å². The Bertz CT molecular complexity index is 914. The van der Waals surface area contributed by atoms with Gasteiger partial charge < -0.3 is 0 Å². The van der Waals surface area contributed by atoms with Crippen molar-refractivity contribution in [1.29, 1.82) is 0 Å². The summed E-state index contributed by atoms with van der Waals surface area (Å²) in [5.41, 5.74) is 1.53. The average molecular weight is 352 g/mol. The van der Waals surface area contributed by atoms with Gasteiger partial charge in [0.05, 0.1) is 16.0 Å². The zero-order valence-electron chi connectivity index (χ0n) is 12.6. The Morgan fingerprint density at radius 3 is 1.91 bits per heavy atom. The van der Waals surface area contributed by atoms with Crippen LogP contribution in [0.4, 0.5) is 0 Å². The van der Waals surface area contributed by atoms with E-state index in [1.54, 1.807) is 24.3 Å². The van der Waals surface area contributed by atoms with Crippen molar-refractivity contribution in [1.82, 2.24) is 4.83 Å². The molecule has 0 aliphatic heterocycles. The number of hydrogen-bond acceptors (Lipinski definition) is 5. The van der Waals surface area contributed by atoms with Crippen LogP contribution in [0.5, 0.6) is 0 Å². The molecule has 2 rings (SSSR count). The Labute approximate surface area is 135 Å². The van der Waals surface area contributed by atoms with E-state index in [-0.39, 0.29) is 9.79 Å². The zero-order valence-corrected chi connectivity index (χ0v) is 14.2. The third-order valence-electron chi connectivity index (χ3n) is 3.03. The molecule has 0 aliphatic rings. The van der Waals surface area contributed by atoms with Crippen LogP contribution in [0.3, 0.4) is 0 Å². The van der Waals surface area contributed by atoms with Gasteiger partial charge in [-0.1, -0.05) is 29.8 Å². The largest absolute Gasteiger partial charge is 0.276 e. The molecule has 0 heterocycles. The van der Waals surface area contributed by atoms with Crippen molar-refractivity contribution >= 4 is 26.1 Å². The molecule has 6 nitrogen and oxygen atoms in total. The molecule has 0 spiro atoms. The molecule has 0 aliphatic carbocycles. The van der Waals surface area contributed by atoms with Crippen molar-refractivity contribution in [3.63, 3.8) is 0 Å². The summed E-state index contributed by atoms with van der Waals surface area (Å²) in [5.74, 6) is 0. The van der Waals surface area contributed by atoms with Gasteiger partial charge in [-0.15, -0.1) is 0 Å². The van der Waals surface area contributed by atoms with E-state index in [0.717, 1.165) is 11.8 Å². The number of hydrazone groups is 1. The molecule has 0 unspecified atom stereocenters. The molecule has 122 valence electrons. The highest BCUT2D eigenvalue weighted by Crippen LogP contribution is 2.11. The van der Waals surface area contributed by atoms with E-state index in [4.69, 9.17) is 0 Å². The van der Waals surface area contributed by atoms with Gasteiger partial charge in [0.1, 0.15) is 0 Å². The fraction of sp³-hybridized carbons (Fsp3) is 0.133. The summed E-state index contributed by atoms with van der Waals surface area (Å²) in [6.07, 6.45) is 2.42. The topological polar surface area (TPSA) is 92.7 Å². The summed E-state index contributed by atoms with van der Waals surface area (Å²) in [6, 6.07) is 12.3. The van der Waals surface area contributed by atoms with E-state index in [9.17, 15) is 16.8 Å². The van der Waals surface area contributed by atoms with Gasteiger partial charge in [-0.2, -0.15) is 13.5 Å². The van der Waals surface area contributed by atoms with Gasteiger partial charge in [0, 0.05) is 6.26 Å². The third-order valence-corrected chi connectivity index (χ3v) is 5.39. The van der Waals surface area contributed by atoms with Gasteiger partial charge in [-0.3, -0.25) is 0 Å². The highest BCUT2D eigenvalue weighted by Gasteiger charge is 2.11. The maximum absolute atomic E-state index is 12.0. The normalized spacial score (nSPS) is 12.4. The van der Waals surface area contributed by atoms with E-state index in [1.807, 2.05) is 6.92 Å². The van der Waals surface area contributed by atoms with Gasteiger partial charge in [0.2, 0.25) is 0 Å². The Hall–Kier alpha value is -2.19. The van der Waals surface area contributed by atoms with Crippen LogP contribution in [0.2, 0.25) is 0 Å². The maximum Gasteiger partial charge on any atom is 0.276 e. The second-order valence-corrected chi connectivity index (χ2v) is 8.68. The summed E-state index contributed by atoms with van der Waals surface area (Å²) in [4.78, 5) is 2.42. The van der Waals surface area contributed by atoms with Gasteiger partial charge in [-0.25, -0.2) is 13.2 Å². The quantitative estimate of drug-likeness (QED) is 0.655. The van der Waals surface area contributed by atoms with Crippen LogP contribution in [-0.2, 0) is 19.9 Å². The molecule has 0 bridgehead atoms. The number of rotatable bonds is 5. The lowest BCUT2D eigenvalue weighted by Crippen LogP contribution is -2.18. The van der Waals surface area contributed by atoms with E-state index < -0.39 is 19.9 Å². The van der Waals surface area contributed by atoms with Crippen LogP contribution in [0.15, 0.2) is 63.4 Å². The van der Waals surface area contributed by atoms with Crippen molar-refractivity contribution in [2.75, 3.05) is 6.26 Å². The zero-order chi connectivity index (χ0) is 17.1. The first-order valence-corrected chi connectivity index (χ1v) is 9.98. The van der Waals surface area contributed by atoms with Crippen LogP contribution >= 0.6 is 0 Å². The van der Waals surface area contributed by atoms with E-state index in [1.165, 1.54) is 30.5 Å². The molecular formula is C15H16N2O4S2.